The first kappa shape index (κ1) is 17.6. The number of nitrogens with one attached hydrogen (secondary N) is 2. The summed E-state index contributed by atoms with van der Waals surface area (Å²) < 4.78 is 1.81. The van der Waals surface area contributed by atoms with Gasteiger partial charge in [0.25, 0.3) is 5.91 Å². The first-order chi connectivity index (χ1) is 12.5. The van der Waals surface area contributed by atoms with Crippen molar-refractivity contribution < 1.29 is 14.2 Å². The van der Waals surface area contributed by atoms with E-state index in [1.165, 1.54) is 0 Å². The molecule has 1 aromatic heterocycles. The summed E-state index contributed by atoms with van der Waals surface area (Å²) in [5, 5.41) is 7.72. The lowest BCUT2D eigenvalue weighted by Crippen LogP contribution is -2.44. The molecule has 26 heavy (non-hydrogen) atoms. The van der Waals surface area contributed by atoms with Gasteiger partial charge in [0.1, 0.15) is 0 Å². The molecule has 0 aliphatic carbocycles. The normalized spacial score (nSPS) is 10.5. The average molecular weight is 348 g/mol. The van der Waals surface area contributed by atoms with Gasteiger partial charge in [0.05, 0.1) is 6.54 Å². The third kappa shape index (κ3) is 4.25. The number of rotatable bonds is 5. The van der Waals surface area contributed by atoms with Crippen LogP contribution in [0, 0.1) is 13.8 Å². The zero-order valence-electron chi connectivity index (χ0n) is 15.0. The van der Waals surface area contributed by atoms with Crippen LogP contribution in [0.2, 0.25) is 0 Å². The number of nitrogens with zero attached hydrogens (tertiary/aromatic N) is 1. The van der Waals surface area contributed by atoms with Gasteiger partial charge in [-0.15, -0.1) is 0 Å². The fraction of sp³-hybridized carbons (Fsp3) is 0.190. The Morgan fingerprint density at radius 1 is 0.885 bits per heavy atom. The number of pyridine rings is 1. The van der Waals surface area contributed by atoms with Crippen LogP contribution >= 0.6 is 0 Å². The molecule has 0 atom stereocenters. The number of carbonyl (C=O) groups excluding carboxylic acids is 2. The van der Waals surface area contributed by atoms with E-state index >= 15 is 0 Å². The molecular weight excluding hydrogens is 326 g/mol. The maximum Gasteiger partial charge on any atom is 0.286 e. The van der Waals surface area contributed by atoms with Gasteiger partial charge in [0.2, 0.25) is 12.5 Å². The van der Waals surface area contributed by atoms with Crippen LogP contribution in [0.5, 0.6) is 0 Å². The van der Waals surface area contributed by atoms with Crippen LogP contribution < -0.4 is 15.2 Å². The van der Waals surface area contributed by atoms with Gasteiger partial charge < -0.3 is 10.6 Å². The Balaban J connectivity index is 1.55. The summed E-state index contributed by atoms with van der Waals surface area (Å²) in [6.07, 6.45) is 3.78. The fourth-order valence-electron chi connectivity index (χ4n) is 2.87. The van der Waals surface area contributed by atoms with Crippen molar-refractivity contribution in [3.8, 4) is 0 Å². The summed E-state index contributed by atoms with van der Waals surface area (Å²) in [7, 11) is 0. The molecule has 0 radical (unpaired) electrons. The van der Waals surface area contributed by atoms with E-state index < -0.39 is 0 Å². The fourth-order valence-corrected chi connectivity index (χ4v) is 2.87. The highest BCUT2D eigenvalue weighted by molar-refractivity contribution is 5.95. The SMILES string of the molecule is Cc1cccc(C)c1NC(=O)CNC(=O)C[n+]1ccc2ccccc2c1. The number of para-hydroxylation sites is 1. The number of amides is 2. The van der Waals surface area contributed by atoms with E-state index in [9.17, 15) is 9.59 Å². The molecule has 3 rings (SSSR count). The summed E-state index contributed by atoms with van der Waals surface area (Å²) >= 11 is 0. The van der Waals surface area contributed by atoms with Gasteiger partial charge in [-0.3, -0.25) is 9.59 Å². The number of anilines is 1. The van der Waals surface area contributed by atoms with Crippen LogP contribution in [0.25, 0.3) is 10.8 Å². The molecule has 0 aliphatic rings. The molecule has 5 nitrogen and oxygen atoms in total. The van der Waals surface area contributed by atoms with Crippen molar-refractivity contribution in [2.45, 2.75) is 20.4 Å². The Morgan fingerprint density at radius 3 is 2.31 bits per heavy atom. The highest BCUT2D eigenvalue weighted by atomic mass is 16.2. The molecule has 1 heterocycles. The van der Waals surface area contributed by atoms with Crippen LogP contribution in [-0.4, -0.2) is 18.4 Å². The van der Waals surface area contributed by atoms with Gasteiger partial charge in [-0.25, -0.2) is 0 Å². The van der Waals surface area contributed by atoms with Crippen LogP contribution in [0.3, 0.4) is 0 Å². The molecule has 0 saturated carbocycles. The number of fused-ring (bicyclic) bond motifs is 1. The molecule has 0 unspecified atom stereocenters. The number of aromatic nitrogens is 1. The number of carbonyl (C=O) groups is 2. The second-order valence-corrected chi connectivity index (χ2v) is 6.34. The average Bonchev–Trinajstić information content (AvgIpc) is 2.63. The minimum Gasteiger partial charge on any atom is -0.342 e. The minimum absolute atomic E-state index is 0.0548. The highest BCUT2D eigenvalue weighted by Gasteiger charge is 2.12. The molecular formula is C21H22N3O2+. The quantitative estimate of drug-likeness (QED) is 0.696. The van der Waals surface area contributed by atoms with Crippen LogP contribution in [0.15, 0.2) is 60.9 Å². The number of hydrogen-bond acceptors (Lipinski definition) is 2. The molecule has 0 saturated heterocycles. The van der Waals surface area contributed by atoms with E-state index in [-0.39, 0.29) is 24.9 Å². The summed E-state index contributed by atoms with van der Waals surface area (Å²) in [6.45, 7) is 4.00. The summed E-state index contributed by atoms with van der Waals surface area (Å²) in [4.78, 5) is 24.2. The topological polar surface area (TPSA) is 62.1 Å². The smallest absolute Gasteiger partial charge is 0.286 e. The third-order valence-electron chi connectivity index (χ3n) is 4.26. The van der Waals surface area contributed by atoms with Crippen LogP contribution in [-0.2, 0) is 16.1 Å². The van der Waals surface area contributed by atoms with Crippen molar-refractivity contribution in [1.82, 2.24) is 5.32 Å². The van der Waals surface area contributed by atoms with E-state index in [0.717, 1.165) is 27.6 Å². The zero-order valence-corrected chi connectivity index (χ0v) is 15.0. The second kappa shape index (κ2) is 7.78. The van der Waals surface area contributed by atoms with Crippen molar-refractivity contribution in [3.63, 3.8) is 0 Å². The van der Waals surface area contributed by atoms with Gasteiger partial charge in [-0.2, -0.15) is 4.57 Å². The van der Waals surface area contributed by atoms with E-state index in [1.54, 1.807) is 4.57 Å². The zero-order chi connectivity index (χ0) is 18.5. The summed E-state index contributed by atoms with van der Waals surface area (Å²) in [6, 6.07) is 15.8. The summed E-state index contributed by atoms with van der Waals surface area (Å²) in [5.74, 6) is -0.443. The van der Waals surface area contributed by atoms with E-state index in [4.69, 9.17) is 0 Å². The molecule has 5 heteroatoms. The standard InChI is InChI=1S/C21H21N3O2/c1-15-6-5-7-16(2)21(15)23-19(25)12-22-20(26)14-24-11-10-17-8-3-4-9-18(17)13-24/h3-11,13H,12,14H2,1-2H3,(H-,22,23,25,26)/p+1. The maximum atomic E-state index is 12.1. The van der Waals surface area contributed by atoms with Crippen molar-refractivity contribution in [2.24, 2.45) is 0 Å². The van der Waals surface area contributed by atoms with Crippen molar-refractivity contribution in [3.05, 3.63) is 72.1 Å². The lowest BCUT2D eigenvalue weighted by atomic mass is 10.1. The molecule has 0 fully saturated rings. The molecule has 3 aromatic rings. The van der Waals surface area contributed by atoms with E-state index in [0.29, 0.717) is 0 Å². The van der Waals surface area contributed by atoms with Gasteiger partial charge in [0, 0.05) is 17.1 Å². The molecule has 0 spiro atoms. The molecule has 0 bridgehead atoms. The van der Waals surface area contributed by atoms with Gasteiger partial charge in [-0.1, -0.05) is 36.4 Å². The van der Waals surface area contributed by atoms with Crippen molar-refractivity contribution in [2.75, 3.05) is 11.9 Å². The monoisotopic (exact) mass is 348 g/mol. The Morgan fingerprint density at radius 2 is 1.58 bits per heavy atom. The van der Waals surface area contributed by atoms with E-state index in [1.807, 2.05) is 74.8 Å². The van der Waals surface area contributed by atoms with Gasteiger partial charge >= 0.3 is 0 Å². The number of aryl methyl sites for hydroxylation is 2. The molecule has 132 valence electrons. The first-order valence-corrected chi connectivity index (χ1v) is 8.53. The van der Waals surface area contributed by atoms with Crippen LogP contribution in [0.1, 0.15) is 11.1 Å². The van der Waals surface area contributed by atoms with Gasteiger partial charge in [-0.05, 0) is 36.4 Å². The predicted molar refractivity (Wildman–Crippen MR) is 102 cm³/mol. The molecule has 2 amide bonds. The first-order valence-electron chi connectivity index (χ1n) is 8.53. The highest BCUT2D eigenvalue weighted by Crippen LogP contribution is 2.18. The Labute approximate surface area is 152 Å². The lowest BCUT2D eigenvalue weighted by Gasteiger charge is -2.11. The Hall–Kier alpha value is -3.21. The minimum atomic E-state index is -0.237. The Bertz CT molecular complexity index is 946. The molecule has 0 aliphatic heterocycles. The second-order valence-electron chi connectivity index (χ2n) is 6.34. The summed E-state index contributed by atoms with van der Waals surface area (Å²) in [5.41, 5.74) is 2.79. The van der Waals surface area contributed by atoms with E-state index in [2.05, 4.69) is 10.6 Å². The molecule has 2 N–H and O–H groups in total. The number of benzene rings is 2. The third-order valence-corrected chi connectivity index (χ3v) is 4.26. The van der Waals surface area contributed by atoms with Crippen molar-refractivity contribution in [1.29, 1.82) is 0 Å². The molecule has 2 aromatic carbocycles. The lowest BCUT2D eigenvalue weighted by molar-refractivity contribution is -0.683. The number of hydrogen-bond donors (Lipinski definition) is 2. The maximum absolute atomic E-state index is 12.1. The van der Waals surface area contributed by atoms with Crippen molar-refractivity contribution >= 4 is 28.3 Å². The Kier molecular flexibility index (Phi) is 5.27. The van der Waals surface area contributed by atoms with Crippen LogP contribution in [0.4, 0.5) is 5.69 Å². The van der Waals surface area contributed by atoms with Gasteiger partial charge in [0.15, 0.2) is 12.4 Å². The largest absolute Gasteiger partial charge is 0.342 e. The predicted octanol–water partition coefficient (Wildman–Crippen LogP) is 2.50.